The number of rotatable bonds is 2. The third-order valence-electron chi connectivity index (χ3n) is 2.25. The summed E-state index contributed by atoms with van der Waals surface area (Å²) < 4.78 is 2.57. The number of hydrogen-bond acceptors (Lipinski definition) is 2. The second kappa shape index (κ2) is 4.57. The monoisotopic (exact) mass is 300 g/mol. The van der Waals surface area contributed by atoms with Crippen molar-refractivity contribution in [3.63, 3.8) is 0 Å². The summed E-state index contributed by atoms with van der Waals surface area (Å²) in [4.78, 5) is 0. The van der Waals surface area contributed by atoms with Crippen molar-refractivity contribution in [2.75, 3.05) is 0 Å². The molecular weight excluding hydrogens is 291 g/mol. The minimum atomic E-state index is -0.518. The van der Waals surface area contributed by atoms with Gasteiger partial charge in [-0.1, -0.05) is 17.7 Å². The molecule has 2 rings (SSSR count). The van der Waals surface area contributed by atoms with Crippen molar-refractivity contribution < 1.29 is 5.11 Å². The van der Waals surface area contributed by atoms with Crippen molar-refractivity contribution in [1.29, 1.82) is 0 Å². The van der Waals surface area contributed by atoms with E-state index in [4.69, 9.17) is 11.6 Å². The Morgan fingerprint density at radius 1 is 1.50 bits per heavy atom. The SMILES string of the molecule is C[C@@H](O)c1ccc(-n2cc(Br)cn2)c(Cl)c1. The standard InChI is InChI=1S/C11H10BrClN2O/c1-7(16)8-2-3-11(10(13)4-8)15-6-9(12)5-14-15/h2-7,16H,1H3/t7-/m1/s1. The van der Waals surface area contributed by atoms with Gasteiger partial charge < -0.3 is 5.11 Å². The van der Waals surface area contributed by atoms with Gasteiger partial charge in [-0.3, -0.25) is 0 Å². The Hall–Kier alpha value is -0.840. The molecule has 1 atom stereocenters. The Bertz CT molecular complexity index is 510. The molecule has 1 aromatic carbocycles. The molecule has 1 aromatic heterocycles. The fourth-order valence-electron chi connectivity index (χ4n) is 1.40. The Morgan fingerprint density at radius 3 is 2.75 bits per heavy atom. The summed E-state index contributed by atoms with van der Waals surface area (Å²) >= 11 is 9.46. The predicted octanol–water partition coefficient (Wildman–Crippen LogP) is 3.34. The summed E-state index contributed by atoms with van der Waals surface area (Å²) in [7, 11) is 0. The molecule has 0 aliphatic heterocycles. The van der Waals surface area contributed by atoms with E-state index >= 15 is 0 Å². The molecule has 2 aromatic rings. The highest BCUT2D eigenvalue weighted by molar-refractivity contribution is 9.10. The fourth-order valence-corrected chi connectivity index (χ4v) is 1.96. The Balaban J connectivity index is 2.44. The highest BCUT2D eigenvalue weighted by atomic mass is 79.9. The lowest BCUT2D eigenvalue weighted by Gasteiger charge is -2.08. The lowest BCUT2D eigenvalue weighted by molar-refractivity contribution is 0.199. The Morgan fingerprint density at radius 2 is 2.25 bits per heavy atom. The van der Waals surface area contributed by atoms with Gasteiger partial charge in [-0.15, -0.1) is 0 Å². The summed E-state index contributed by atoms with van der Waals surface area (Å²) in [6, 6.07) is 5.42. The first-order valence-corrected chi connectivity index (χ1v) is 5.93. The van der Waals surface area contributed by atoms with Crippen LogP contribution in [0.2, 0.25) is 5.02 Å². The van der Waals surface area contributed by atoms with Gasteiger partial charge in [0.2, 0.25) is 0 Å². The van der Waals surface area contributed by atoms with Crippen LogP contribution >= 0.6 is 27.5 Å². The lowest BCUT2D eigenvalue weighted by Crippen LogP contribution is -1.97. The van der Waals surface area contributed by atoms with Crippen LogP contribution < -0.4 is 0 Å². The molecule has 5 heteroatoms. The van der Waals surface area contributed by atoms with Crippen LogP contribution in [-0.4, -0.2) is 14.9 Å². The molecule has 0 unspecified atom stereocenters. The molecule has 0 radical (unpaired) electrons. The molecule has 3 nitrogen and oxygen atoms in total. The summed E-state index contributed by atoms with van der Waals surface area (Å²) in [6.07, 6.45) is 3.00. The number of aliphatic hydroxyl groups is 1. The molecule has 16 heavy (non-hydrogen) atoms. The van der Waals surface area contributed by atoms with Crippen molar-refractivity contribution in [1.82, 2.24) is 9.78 Å². The zero-order valence-corrected chi connectivity index (χ0v) is 10.9. The number of hydrogen-bond donors (Lipinski definition) is 1. The van der Waals surface area contributed by atoms with E-state index in [1.165, 1.54) is 0 Å². The smallest absolute Gasteiger partial charge is 0.0832 e. The lowest BCUT2D eigenvalue weighted by atomic mass is 10.1. The van der Waals surface area contributed by atoms with Crippen molar-refractivity contribution in [3.8, 4) is 5.69 Å². The molecule has 0 bridgehead atoms. The van der Waals surface area contributed by atoms with Gasteiger partial charge in [0.1, 0.15) is 0 Å². The Kier molecular flexibility index (Phi) is 3.33. The van der Waals surface area contributed by atoms with Gasteiger partial charge in [0, 0.05) is 6.20 Å². The van der Waals surface area contributed by atoms with E-state index in [0.717, 1.165) is 15.7 Å². The van der Waals surface area contributed by atoms with Crippen LogP contribution in [0.4, 0.5) is 0 Å². The number of nitrogens with zero attached hydrogens (tertiary/aromatic N) is 2. The van der Waals surface area contributed by atoms with E-state index < -0.39 is 6.10 Å². The van der Waals surface area contributed by atoms with Crippen LogP contribution in [0.5, 0.6) is 0 Å². The highest BCUT2D eigenvalue weighted by Crippen LogP contribution is 2.25. The second-order valence-electron chi connectivity index (χ2n) is 3.49. The first-order chi connectivity index (χ1) is 7.58. The van der Waals surface area contributed by atoms with Gasteiger partial charge >= 0.3 is 0 Å². The largest absolute Gasteiger partial charge is 0.389 e. The third kappa shape index (κ3) is 2.29. The molecule has 0 saturated carbocycles. The summed E-state index contributed by atoms with van der Waals surface area (Å²) in [5.41, 5.74) is 1.58. The topological polar surface area (TPSA) is 38.0 Å². The highest BCUT2D eigenvalue weighted by Gasteiger charge is 2.07. The van der Waals surface area contributed by atoms with Crippen LogP contribution in [0.15, 0.2) is 35.1 Å². The van der Waals surface area contributed by atoms with Gasteiger partial charge in [-0.25, -0.2) is 4.68 Å². The molecule has 84 valence electrons. The van der Waals surface area contributed by atoms with Gasteiger partial charge in [0.25, 0.3) is 0 Å². The van der Waals surface area contributed by atoms with Crippen molar-refractivity contribution in [2.24, 2.45) is 0 Å². The summed E-state index contributed by atoms with van der Waals surface area (Å²) in [5, 5.41) is 14.1. The zero-order valence-electron chi connectivity index (χ0n) is 8.56. The van der Waals surface area contributed by atoms with Gasteiger partial charge in [-0.05, 0) is 40.5 Å². The van der Waals surface area contributed by atoms with E-state index in [2.05, 4.69) is 21.0 Å². The van der Waals surface area contributed by atoms with Crippen LogP contribution in [-0.2, 0) is 0 Å². The van der Waals surface area contributed by atoms with E-state index in [-0.39, 0.29) is 0 Å². The maximum absolute atomic E-state index is 9.43. The van der Waals surface area contributed by atoms with E-state index in [0.29, 0.717) is 5.02 Å². The van der Waals surface area contributed by atoms with Crippen LogP contribution in [0, 0.1) is 0 Å². The minimum absolute atomic E-state index is 0.518. The van der Waals surface area contributed by atoms with E-state index in [9.17, 15) is 5.11 Å². The molecule has 0 fully saturated rings. The van der Waals surface area contributed by atoms with E-state index in [1.54, 1.807) is 23.9 Å². The molecule has 0 spiro atoms. The van der Waals surface area contributed by atoms with Crippen molar-refractivity contribution in [3.05, 3.63) is 45.7 Å². The van der Waals surface area contributed by atoms with Crippen molar-refractivity contribution >= 4 is 27.5 Å². The Labute approximate surface area is 107 Å². The zero-order chi connectivity index (χ0) is 11.7. The maximum atomic E-state index is 9.43. The third-order valence-corrected chi connectivity index (χ3v) is 2.96. The molecule has 0 amide bonds. The number of halogens is 2. The average molecular weight is 302 g/mol. The molecule has 0 aliphatic rings. The number of aliphatic hydroxyl groups excluding tert-OH is 1. The minimum Gasteiger partial charge on any atom is -0.389 e. The molecular formula is C11H10BrClN2O. The normalized spacial score (nSPS) is 12.8. The predicted molar refractivity (Wildman–Crippen MR) is 66.9 cm³/mol. The fraction of sp³-hybridized carbons (Fsp3) is 0.182. The van der Waals surface area contributed by atoms with Crippen molar-refractivity contribution in [2.45, 2.75) is 13.0 Å². The van der Waals surface area contributed by atoms with Gasteiger partial charge in [-0.2, -0.15) is 5.10 Å². The molecule has 1 heterocycles. The van der Waals surface area contributed by atoms with Crippen LogP contribution in [0.25, 0.3) is 5.69 Å². The van der Waals surface area contributed by atoms with E-state index in [1.807, 2.05) is 18.3 Å². The van der Waals surface area contributed by atoms with Crippen LogP contribution in [0.3, 0.4) is 0 Å². The second-order valence-corrected chi connectivity index (χ2v) is 4.81. The maximum Gasteiger partial charge on any atom is 0.0832 e. The van der Waals surface area contributed by atoms with Gasteiger partial charge in [0.05, 0.1) is 27.5 Å². The number of aromatic nitrogens is 2. The summed E-state index contributed by atoms with van der Waals surface area (Å²) in [6.45, 7) is 1.70. The average Bonchev–Trinajstić information content (AvgIpc) is 2.64. The number of benzene rings is 1. The summed E-state index contributed by atoms with van der Waals surface area (Å²) in [5.74, 6) is 0. The molecule has 0 aliphatic carbocycles. The molecule has 0 saturated heterocycles. The van der Waals surface area contributed by atoms with Crippen LogP contribution in [0.1, 0.15) is 18.6 Å². The van der Waals surface area contributed by atoms with Gasteiger partial charge in [0.15, 0.2) is 0 Å². The molecule has 1 N–H and O–H groups in total. The first kappa shape index (κ1) is 11.6. The quantitative estimate of drug-likeness (QED) is 0.924. The first-order valence-electron chi connectivity index (χ1n) is 4.76.